The van der Waals surface area contributed by atoms with Crippen LogP contribution in [-0.4, -0.2) is 20.2 Å². The second kappa shape index (κ2) is 3.10. The molecule has 0 radical (unpaired) electrons. The molecule has 2 rings (SSSR count). The summed E-state index contributed by atoms with van der Waals surface area (Å²) in [5.41, 5.74) is 0.456. The molecule has 0 aliphatic heterocycles. The lowest BCUT2D eigenvalue weighted by molar-refractivity contribution is 0.531. The van der Waals surface area contributed by atoms with Gasteiger partial charge in [0.15, 0.2) is 0 Å². The second-order valence-electron chi connectivity index (χ2n) is 2.35. The Morgan fingerprint density at radius 3 is 2.85 bits per heavy atom. The number of nitrogens with zero attached hydrogens (tertiary/aromatic N) is 4. The van der Waals surface area contributed by atoms with Crippen LogP contribution in [0.2, 0.25) is 5.02 Å². The van der Waals surface area contributed by atoms with Gasteiger partial charge in [0.2, 0.25) is 5.89 Å². The van der Waals surface area contributed by atoms with E-state index in [1.54, 1.807) is 6.92 Å². The minimum atomic E-state index is 0.310. The van der Waals surface area contributed by atoms with Crippen LogP contribution in [0.4, 0.5) is 0 Å². The van der Waals surface area contributed by atoms with Crippen LogP contribution in [0, 0.1) is 6.92 Å². The molecule has 0 amide bonds. The van der Waals surface area contributed by atoms with Crippen LogP contribution < -0.4 is 0 Å². The minimum Gasteiger partial charge on any atom is -0.420 e. The quantitative estimate of drug-likeness (QED) is 0.691. The number of hydrogen-bond acceptors (Lipinski definition) is 5. The SMILES string of the molecule is Cc1nnc(-c2ncncc2Cl)o1. The van der Waals surface area contributed by atoms with E-state index in [2.05, 4.69) is 20.2 Å². The van der Waals surface area contributed by atoms with Gasteiger partial charge >= 0.3 is 0 Å². The van der Waals surface area contributed by atoms with Gasteiger partial charge in [-0.25, -0.2) is 9.97 Å². The molecule has 2 aromatic heterocycles. The van der Waals surface area contributed by atoms with Gasteiger partial charge in [-0.3, -0.25) is 0 Å². The second-order valence-corrected chi connectivity index (χ2v) is 2.75. The van der Waals surface area contributed by atoms with E-state index in [0.717, 1.165) is 0 Å². The molecular weight excluding hydrogens is 192 g/mol. The predicted molar refractivity (Wildman–Crippen MR) is 45.1 cm³/mol. The van der Waals surface area contributed by atoms with Crippen molar-refractivity contribution in [3.05, 3.63) is 23.4 Å². The smallest absolute Gasteiger partial charge is 0.267 e. The molecule has 5 nitrogen and oxygen atoms in total. The maximum Gasteiger partial charge on any atom is 0.267 e. The molecule has 0 saturated heterocycles. The van der Waals surface area contributed by atoms with Gasteiger partial charge in [-0.1, -0.05) is 11.6 Å². The molecule has 0 fully saturated rings. The minimum absolute atomic E-state index is 0.310. The van der Waals surface area contributed by atoms with E-state index in [1.807, 2.05) is 0 Å². The zero-order valence-electron chi connectivity index (χ0n) is 6.73. The topological polar surface area (TPSA) is 64.7 Å². The van der Waals surface area contributed by atoms with E-state index in [0.29, 0.717) is 22.5 Å². The molecule has 2 aromatic rings. The Kier molecular flexibility index (Phi) is 1.94. The number of halogens is 1. The Hall–Kier alpha value is -1.49. The Morgan fingerprint density at radius 2 is 2.23 bits per heavy atom. The summed E-state index contributed by atoms with van der Waals surface area (Å²) < 4.78 is 5.15. The van der Waals surface area contributed by atoms with E-state index >= 15 is 0 Å². The van der Waals surface area contributed by atoms with Crippen LogP contribution in [0.3, 0.4) is 0 Å². The molecule has 13 heavy (non-hydrogen) atoms. The van der Waals surface area contributed by atoms with Crippen molar-refractivity contribution in [2.24, 2.45) is 0 Å². The number of aromatic nitrogens is 4. The maximum atomic E-state index is 5.82. The fraction of sp³-hybridized carbons (Fsp3) is 0.143. The molecule has 2 heterocycles. The fourth-order valence-electron chi connectivity index (χ4n) is 0.862. The molecule has 0 aliphatic carbocycles. The molecule has 0 spiro atoms. The lowest BCUT2D eigenvalue weighted by Crippen LogP contribution is -1.86. The van der Waals surface area contributed by atoms with Crippen LogP contribution in [0.5, 0.6) is 0 Å². The number of rotatable bonds is 1. The van der Waals surface area contributed by atoms with Crippen LogP contribution >= 0.6 is 11.6 Å². The van der Waals surface area contributed by atoms with Crippen molar-refractivity contribution >= 4 is 11.6 Å². The van der Waals surface area contributed by atoms with Crippen molar-refractivity contribution in [1.29, 1.82) is 0 Å². The number of hydrogen-bond donors (Lipinski definition) is 0. The average molecular weight is 197 g/mol. The first-order chi connectivity index (χ1) is 6.27. The molecule has 0 aromatic carbocycles. The van der Waals surface area contributed by atoms with Crippen molar-refractivity contribution in [2.45, 2.75) is 6.92 Å². The van der Waals surface area contributed by atoms with Gasteiger partial charge in [0.05, 0.1) is 5.02 Å². The Balaban J connectivity index is 2.52. The molecule has 6 heteroatoms. The number of aryl methyl sites for hydroxylation is 1. The third-order valence-corrected chi connectivity index (χ3v) is 1.67. The third kappa shape index (κ3) is 1.50. The fourth-order valence-corrected chi connectivity index (χ4v) is 1.05. The van der Waals surface area contributed by atoms with Crippen molar-refractivity contribution in [1.82, 2.24) is 20.2 Å². The van der Waals surface area contributed by atoms with Crippen molar-refractivity contribution in [3.8, 4) is 11.6 Å². The first-order valence-corrected chi connectivity index (χ1v) is 3.91. The lowest BCUT2D eigenvalue weighted by Gasteiger charge is -1.94. The van der Waals surface area contributed by atoms with E-state index in [4.69, 9.17) is 16.0 Å². The molecule has 66 valence electrons. The summed E-state index contributed by atoms with van der Waals surface area (Å²) in [4.78, 5) is 7.67. The van der Waals surface area contributed by atoms with E-state index in [9.17, 15) is 0 Å². The van der Waals surface area contributed by atoms with Crippen LogP contribution in [-0.2, 0) is 0 Å². The van der Waals surface area contributed by atoms with Gasteiger partial charge in [0.1, 0.15) is 12.0 Å². The average Bonchev–Trinajstić information content (AvgIpc) is 2.53. The summed E-state index contributed by atoms with van der Waals surface area (Å²) in [5.74, 6) is 0.787. The van der Waals surface area contributed by atoms with Gasteiger partial charge in [-0.05, 0) is 0 Å². The highest BCUT2D eigenvalue weighted by atomic mass is 35.5. The monoisotopic (exact) mass is 196 g/mol. The Labute approximate surface area is 78.8 Å². The van der Waals surface area contributed by atoms with E-state index in [1.165, 1.54) is 12.5 Å². The predicted octanol–water partition coefficient (Wildman–Crippen LogP) is 1.49. The first-order valence-electron chi connectivity index (χ1n) is 3.53. The largest absolute Gasteiger partial charge is 0.420 e. The zero-order chi connectivity index (χ0) is 9.26. The van der Waals surface area contributed by atoms with Gasteiger partial charge < -0.3 is 4.42 Å². The maximum absolute atomic E-state index is 5.82. The highest BCUT2D eigenvalue weighted by Gasteiger charge is 2.10. The summed E-state index contributed by atoms with van der Waals surface area (Å²) in [6.07, 6.45) is 2.85. The highest BCUT2D eigenvalue weighted by Crippen LogP contribution is 2.22. The van der Waals surface area contributed by atoms with Gasteiger partial charge in [-0.2, -0.15) is 0 Å². The summed E-state index contributed by atoms with van der Waals surface area (Å²) in [6.45, 7) is 1.70. The van der Waals surface area contributed by atoms with Crippen LogP contribution in [0.15, 0.2) is 16.9 Å². The summed E-state index contributed by atoms with van der Waals surface area (Å²) in [6, 6.07) is 0. The summed E-state index contributed by atoms with van der Waals surface area (Å²) in [5, 5.41) is 7.85. The molecule has 0 atom stereocenters. The van der Waals surface area contributed by atoms with Crippen LogP contribution in [0.1, 0.15) is 5.89 Å². The van der Waals surface area contributed by atoms with E-state index in [-0.39, 0.29) is 0 Å². The lowest BCUT2D eigenvalue weighted by atomic mass is 10.4. The van der Waals surface area contributed by atoms with Crippen molar-refractivity contribution in [3.63, 3.8) is 0 Å². The molecule has 0 unspecified atom stereocenters. The van der Waals surface area contributed by atoms with Crippen LogP contribution in [0.25, 0.3) is 11.6 Å². The Morgan fingerprint density at radius 1 is 1.38 bits per heavy atom. The molecule has 0 N–H and O–H groups in total. The zero-order valence-corrected chi connectivity index (χ0v) is 7.49. The van der Waals surface area contributed by atoms with Gasteiger partial charge in [0.25, 0.3) is 5.89 Å². The third-order valence-electron chi connectivity index (χ3n) is 1.40. The summed E-state index contributed by atoms with van der Waals surface area (Å²) in [7, 11) is 0. The molecule has 0 bridgehead atoms. The van der Waals surface area contributed by atoms with E-state index < -0.39 is 0 Å². The molecule has 0 saturated carbocycles. The standard InChI is InChI=1S/C7H5ClN4O/c1-4-11-12-7(13-4)6-5(8)2-9-3-10-6/h2-3H,1H3. The highest BCUT2D eigenvalue weighted by molar-refractivity contribution is 6.32. The Bertz CT molecular complexity index is 428. The van der Waals surface area contributed by atoms with Crippen molar-refractivity contribution < 1.29 is 4.42 Å². The summed E-state index contributed by atoms with van der Waals surface area (Å²) >= 11 is 5.82. The molecular formula is C7H5ClN4O. The normalized spacial score (nSPS) is 10.3. The van der Waals surface area contributed by atoms with Gasteiger partial charge in [0, 0.05) is 13.1 Å². The van der Waals surface area contributed by atoms with Crippen molar-refractivity contribution in [2.75, 3.05) is 0 Å². The van der Waals surface area contributed by atoms with Gasteiger partial charge in [-0.15, -0.1) is 10.2 Å². The molecule has 0 aliphatic rings. The first kappa shape index (κ1) is 8.12.